The fourth-order valence-electron chi connectivity index (χ4n) is 2.59. The standard InChI is InChI=1S/C20H22INO3/c1-16(23)25-20(19(24)12-21)15-22(13-17-8-4-2-5-9-17)14-18-10-6-3-7-11-18/h2-11,20H,12-15H2,1H3/t20-/m0/s1. The van der Waals surface area contributed by atoms with Gasteiger partial charge in [0.25, 0.3) is 0 Å². The molecule has 0 heterocycles. The monoisotopic (exact) mass is 451 g/mol. The van der Waals surface area contributed by atoms with Crippen LogP contribution in [0.3, 0.4) is 0 Å². The number of hydrogen-bond donors (Lipinski definition) is 0. The summed E-state index contributed by atoms with van der Waals surface area (Å²) in [5, 5.41) is 0. The molecule has 0 saturated heterocycles. The van der Waals surface area contributed by atoms with Gasteiger partial charge >= 0.3 is 5.97 Å². The molecule has 0 aliphatic heterocycles. The number of ketones is 1. The normalized spacial score (nSPS) is 12.0. The number of ether oxygens (including phenoxy) is 1. The highest BCUT2D eigenvalue weighted by Crippen LogP contribution is 2.13. The third kappa shape index (κ3) is 6.96. The minimum absolute atomic E-state index is 0.0677. The molecule has 132 valence electrons. The predicted octanol–water partition coefficient (Wildman–Crippen LogP) is 3.62. The van der Waals surface area contributed by atoms with Gasteiger partial charge < -0.3 is 4.74 Å². The summed E-state index contributed by atoms with van der Waals surface area (Å²) in [5.41, 5.74) is 2.31. The maximum atomic E-state index is 12.2. The molecule has 0 amide bonds. The number of rotatable bonds is 9. The first-order valence-electron chi connectivity index (χ1n) is 8.14. The topological polar surface area (TPSA) is 46.6 Å². The Kier molecular flexibility index (Phi) is 8.08. The minimum atomic E-state index is -0.734. The van der Waals surface area contributed by atoms with Crippen LogP contribution >= 0.6 is 22.6 Å². The van der Waals surface area contributed by atoms with Gasteiger partial charge in [-0.15, -0.1) is 0 Å². The Hall–Kier alpha value is -1.73. The predicted molar refractivity (Wildman–Crippen MR) is 106 cm³/mol. The molecule has 0 aromatic heterocycles. The van der Waals surface area contributed by atoms with Gasteiger partial charge in [0, 0.05) is 26.6 Å². The van der Waals surface area contributed by atoms with E-state index >= 15 is 0 Å². The molecule has 0 aliphatic carbocycles. The van der Waals surface area contributed by atoms with Crippen LogP contribution in [0.4, 0.5) is 0 Å². The van der Waals surface area contributed by atoms with Crippen molar-refractivity contribution in [2.45, 2.75) is 26.1 Å². The number of nitrogens with zero attached hydrogens (tertiary/aromatic N) is 1. The van der Waals surface area contributed by atoms with Crippen LogP contribution in [0.5, 0.6) is 0 Å². The van der Waals surface area contributed by atoms with E-state index in [0.717, 1.165) is 11.1 Å². The molecular weight excluding hydrogens is 429 g/mol. The van der Waals surface area contributed by atoms with Crippen LogP contribution in [-0.4, -0.2) is 33.7 Å². The molecule has 1 atom stereocenters. The number of halogens is 1. The fourth-order valence-corrected chi connectivity index (χ4v) is 3.09. The van der Waals surface area contributed by atoms with Crippen LogP contribution < -0.4 is 0 Å². The Bertz CT molecular complexity index is 634. The number of Topliss-reactive ketones (excluding diaryl/α,β-unsaturated/α-hetero) is 1. The third-order valence-electron chi connectivity index (χ3n) is 3.72. The molecule has 5 heteroatoms. The zero-order chi connectivity index (χ0) is 18.1. The van der Waals surface area contributed by atoms with Crippen molar-refractivity contribution in [2.24, 2.45) is 0 Å². The highest BCUT2D eigenvalue weighted by Gasteiger charge is 2.24. The number of alkyl halides is 1. The van der Waals surface area contributed by atoms with E-state index in [-0.39, 0.29) is 5.78 Å². The van der Waals surface area contributed by atoms with Crippen molar-refractivity contribution in [1.29, 1.82) is 0 Å². The average Bonchev–Trinajstić information content (AvgIpc) is 2.61. The van der Waals surface area contributed by atoms with Crippen LogP contribution in [0.2, 0.25) is 0 Å². The van der Waals surface area contributed by atoms with Gasteiger partial charge in [0.1, 0.15) is 0 Å². The summed E-state index contributed by atoms with van der Waals surface area (Å²) in [5.74, 6) is -0.496. The van der Waals surface area contributed by atoms with Crippen LogP contribution in [0.15, 0.2) is 60.7 Å². The molecule has 0 N–H and O–H groups in total. The zero-order valence-electron chi connectivity index (χ0n) is 14.2. The van der Waals surface area contributed by atoms with E-state index in [1.807, 2.05) is 59.0 Å². The number of hydrogen-bond acceptors (Lipinski definition) is 4. The van der Waals surface area contributed by atoms with Crippen LogP contribution in [-0.2, 0) is 27.4 Å². The molecule has 0 fully saturated rings. The Labute approximate surface area is 162 Å². The van der Waals surface area contributed by atoms with Crippen molar-refractivity contribution in [3.63, 3.8) is 0 Å². The summed E-state index contributed by atoms with van der Waals surface area (Å²) in [6.45, 7) is 3.08. The van der Waals surface area contributed by atoms with E-state index in [1.54, 1.807) is 0 Å². The first kappa shape index (κ1) is 19.6. The molecule has 4 nitrogen and oxygen atoms in total. The quantitative estimate of drug-likeness (QED) is 0.332. The van der Waals surface area contributed by atoms with Crippen molar-refractivity contribution >= 4 is 34.3 Å². The number of carbonyl (C=O) groups is 2. The Morgan fingerprint density at radius 1 is 0.960 bits per heavy atom. The SMILES string of the molecule is CC(=O)O[C@@H](CN(Cc1ccccc1)Cc1ccccc1)C(=O)CI. The van der Waals surface area contributed by atoms with Crippen LogP contribution in [0.1, 0.15) is 18.1 Å². The molecule has 0 aliphatic rings. The molecule has 0 saturated carbocycles. The molecular formula is C20H22INO3. The van der Waals surface area contributed by atoms with Gasteiger partial charge in [-0.3, -0.25) is 14.5 Å². The van der Waals surface area contributed by atoms with Crippen molar-refractivity contribution in [3.8, 4) is 0 Å². The lowest BCUT2D eigenvalue weighted by atomic mass is 10.1. The largest absolute Gasteiger partial charge is 0.453 e. The summed E-state index contributed by atoms with van der Waals surface area (Å²) in [4.78, 5) is 25.7. The second-order valence-corrected chi connectivity index (χ2v) is 6.60. The maximum absolute atomic E-state index is 12.2. The third-order valence-corrected chi connectivity index (χ3v) is 4.47. The van der Waals surface area contributed by atoms with E-state index in [2.05, 4.69) is 29.2 Å². The summed E-state index contributed by atoms with van der Waals surface area (Å²) in [6, 6.07) is 20.2. The van der Waals surface area contributed by atoms with E-state index < -0.39 is 12.1 Å². The van der Waals surface area contributed by atoms with Crippen molar-refractivity contribution < 1.29 is 14.3 Å². The summed E-state index contributed by atoms with van der Waals surface area (Å²) >= 11 is 2.01. The molecule has 2 rings (SSSR count). The first-order chi connectivity index (χ1) is 12.1. The molecule has 0 spiro atoms. The smallest absolute Gasteiger partial charge is 0.303 e. The second-order valence-electron chi connectivity index (χ2n) is 5.84. The average molecular weight is 451 g/mol. The van der Waals surface area contributed by atoms with Gasteiger partial charge in [-0.05, 0) is 11.1 Å². The highest BCUT2D eigenvalue weighted by molar-refractivity contribution is 14.1. The van der Waals surface area contributed by atoms with Gasteiger partial charge in [-0.2, -0.15) is 0 Å². The summed E-state index contributed by atoms with van der Waals surface area (Å²) in [6.07, 6.45) is -0.734. The molecule has 0 bridgehead atoms. The number of carbonyl (C=O) groups excluding carboxylic acids is 2. The van der Waals surface area contributed by atoms with E-state index in [0.29, 0.717) is 24.1 Å². The minimum Gasteiger partial charge on any atom is -0.453 e. The van der Waals surface area contributed by atoms with Crippen LogP contribution in [0.25, 0.3) is 0 Å². The van der Waals surface area contributed by atoms with E-state index in [4.69, 9.17) is 4.74 Å². The summed E-state index contributed by atoms with van der Waals surface area (Å²) < 4.78 is 5.59. The highest BCUT2D eigenvalue weighted by atomic mass is 127. The molecule has 2 aromatic rings. The zero-order valence-corrected chi connectivity index (χ0v) is 16.4. The van der Waals surface area contributed by atoms with Crippen molar-refractivity contribution in [1.82, 2.24) is 4.90 Å². The van der Waals surface area contributed by atoms with Gasteiger partial charge in [-0.25, -0.2) is 0 Å². The Morgan fingerprint density at radius 2 is 1.44 bits per heavy atom. The molecule has 25 heavy (non-hydrogen) atoms. The molecule has 0 unspecified atom stereocenters. The van der Waals surface area contributed by atoms with Crippen molar-refractivity contribution in [2.75, 3.05) is 11.0 Å². The lowest BCUT2D eigenvalue weighted by Crippen LogP contribution is -2.39. The molecule has 2 aromatic carbocycles. The number of esters is 1. The van der Waals surface area contributed by atoms with Gasteiger partial charge in [0.2, 0.25) is 0 Å². The van der Waals surface area contributed by atoms with Crippen LogP contribution in [0, 0.1) is 0 Å². The Morgan fingerprint density at radius 3 is 1.84 bits per heavy atom. The molecule has 0 radical (unpaired) electrons. The first-order valence-corrected chi connectivity index (χ1v) is 9.67. The van der Waals surface area contributed by atoms with Crippen molar-refractivity contribution in [3.05, 3.63) is 71.8 Å². The lowest BCUT2D eigenvalue weighted by molar-refractivity contribution is -0.153. The summed E-state index contributed by atoms with van der Waals surface area (Å²) in [7, 11) is 0. The maximum Gasteiger partial charge on any atom is 0.303 e. The fraction of sp³-hybridized carbons (Fsp3) is 0.300. The second kappa shape index (κ2) is 10.3. The van der Waals surface area contributed by atoms with Gasteiger partial charge in [0.15, 0.2) is 11.9 Å². The Balaban J connectivity index is 2.16. The van der Waals surface area contributed by atoms with Gasteiger partial charge in [-0.1, -0.05) is 83.3 Å². The van der Waals surface area contributed by atoms with E-state index in [9.17, 15) is 9.59 Å². The van der Waals surface area contributed by atoms with Gasteiger partial charge in [0.05, 0.1) is 4.43 Å². The number of benzene rings is 2. The lowest BCUT2D eigenvalue weighted by Gasteiger charge is -2.26. The van der Waals surface area contributed by atoms with E-state index in [1.165, 1.54) is 6.92 Å².